The molecule has 1 fully saturated rings. The number of nitrogens with one attached hydrogen (secondary N) is 2. The number of fused-ring (bicyclic) bond motifs is 2. The lowest BCUT2D eigenvalue weighted by Crippen LogP contribution is -2.51. The zero-order chi connectivity index (χ0) is 21.9. The Labute approximate surface area is 192 Å². The molecule has 1 aliphatic rings. The summed E-state index contributed by atoms with van der Waals surface area (Å²) < 4.78 is 0. The molecule has 0 aliphatic heterocycles. The van der Waals surface area contributed by atoms with E-state index >= 15 is 0 Å². The third kappa shape index (κ3) is 4.57. The summed E-state index contributed by atoms with van der Waals surface area (Å²) in [7, 11) is 0. The van der Waals surface area contributed by atoms with Crippen LogP contribution in [-0.4, -0.2) is 12.1 Å². The summed E-state index contributed by atoms with van der Waals surface area (Å²) in [6, 6.07) is 32.7. The summed E-state index contributed by atoms with van der Waals surface area (Å²) in [4.78, 5) is 0. The molecule has 4 aromatic rings. The van der Waals surface area contributed by atoms with Gasteiger partial charge in [-0.1, -0.05) is 85.6 Å². The van der Waals surface area contributed by atoms with Crippen LogP contribution in [0.15, 0.2) is 84.9 Å². The molecule has 1 aliphatic carbocycles. The van der Waals surface area contributed by atoms with E-state index in [4.69, 9.17) is 0 Å². The molecule has 2 nitrogen and oxygen atoms in total. The van der Waals surface area contributed by atoms with Crippen molar-refractivity contribution in [1.29, 1.82) is 0 Å². The summed E-state index contributed by atoms with van der Waals surface area (Å²) in [5.41, 5.74) is 2.74. The summed E-state index contributed by atoms with van der Waals surface area (Å²) in [6.07, 6.45) is 5.09. The zero-order valence-electron chi connectivity index (χ0n) is 19.2. The second kappa shape index (κ2) is 9.44. The lowest BCUT2D eigenvalue weighted by molar-refractivity contribution is 0.253. The summed E-state index contributed by atoms with van der Waals surface area (Å²) in [5, 5.41) is 13.2. The van der Waals surface area contributed by atoms with E-state index in [1.165, 1.54) is 58.4 Å². The lowest BCUT2D eigenvalue weighted by Gasteiger charge is -2.37. The highest BCUT2D eigenvalue weighted by atomic mass is 15.1. The van der Waals surface area contributed by atoms with Crippen molar-refractivity contribution in [2.45, 2.75) is 63.7 Å². The first kappa shape index (κ1) is 21.2. The van der Waals surface area contributed by atoms with E-state index in [-0.39, 0.29) is 0 Å². The minimum Gasteiger partial charge on any atom is -0.306 e. The van der Waals surface area contributed by atoms with Crippen molar-refractivity contribution < 1.29 is 0 Å². The Bertz CT molecular complexity index is 1100. The fourth-order valence-electron chi connectivity index (χ4n) is 5.32. The second-order valence-corrected chi connectivity index (χ2v) is 9.49. The minimum absolute atomic E-state index is 0.336. The molecule has 1 saturated carbocycles. The van der Waals surface area contributed by atoms with E-state index in [1.54, 1.807) is 0 Å². The largest absolute Gasteiger partial charge is 0.306 e. The Balaban J connectivity index is 1.29. The van der Waals surface area contributed by atoms with Crippen LogP contribution < -0.4 is 10.6 Å². The number of hydrogen-bond acceptors (Lipinski definition) is 2. The van der Waals surface area contributed by atoms with Crippen LogP contribution in [0.2, 0.25) is 0 Å². The van der Waals surface area contributed by atoms with Crippen LogP contribution in [0, 0.1) is 0 Å². The average molecular weight is 423 g/mol. The van der Waals surface area contributed by atoms with E-state index in [9.17, 15) is 0 Å². The first-order valence-electron chi connectivity index (χ1n) is 12.2. The van der Waals surface area contributed by atoms with Gasteiger partial charge in [0.1, 0.15) is 0 Å². The molecule has 4 atom stereocenters. The van der Waals surface area contributed by atoms with Gasteiger partial charge in [-0.15, -0.1) is 0 Å². The third-order valence-electron chi connectivity index (χ3n) is 7.24. The first-order valence-corrected chi connectivity index (χ1v) is 12.2. The molecule has 32 heavy (non-hydrogen) atoms. The van der Waals surface area contributed by atoms with Crippen molar-refractivity contribution in [3.8, 4) is 0 Å². The van der Waals surface area contributed by atoms with Crippen LogP contribution in [0.25, 0.3) is 21.5 Å². The van der Waals surface area contributed by atoms with E-state index < -0.39 is 0 Å². The van der Waals surface area contributed by atoms with Crippen molar-refractivity contribution in [3.63, 3.8) is 0 Å². The molecular weight excluding hydrogens is 388 g/mol. The summed E-state index contributed by atoms with van der Waals surface area (Å²) in [6.45, 7) is 4.62. The molecule has 2 heteroatoms. The van der Waals surface area contributed by atoms with Gasteiger partial charge < -0.3 is 10.6 Å². The predicted octanol–water partition coefficient (Wildman–Crippen LogP) is 7.31. The van der Waals surface area contributed by atoms with Gasteiger partial charge in [-0.25, -0.2) is 0 Å². The molecule has 2 N–H and O–H groups in total. The van der Waals surface area contributed by atoms with Crippen molar-refractivity contribution >= 4 is 21.5 Å². The standard InChI is InChI=1S/C30H34N2/c1-21(25-17-15-23-9-3-5-11-27(23)19-25)31-29-13-7-8-14-30(29)32-22(2)26-18-16-24-10-4-6-12-28(24)20-26/h3-6,9-12,15-22,29-32H,7-8,13-14H2,1-2H3/t21-,22-,29-,30-/m1/s1. The fourth-order valence-corrected chi connectivity index (χ4v) is 5.32. The fraction of sp³-hybridized carbons (Fsp3) is 0.333. The highest BCUT2D eigenvalue weighted by Gasteiger charge is 2.27. The second-order valence-electron chi connectivity index (χ2n) is 9.49. The summed E-state index contributed by atoms with van der Waals surface area (Å²) in [5.74, 6) is 0. The van der Waals surface area contributed by atoms with Crippen molar-refractivity contribution in [1.82, 2.24) is 10.6 Å². The van der Waals surface area contributed by atoms with Gasteiger partial charge in [0.05, 0.1) is 0 Å². The molecular formula is C30H34N2. The number of hydrogen-bond donors (Lipinski definition) is 2. The van der Waals surface area contributed by atoms with Gasteiger partial charge in [0.25, 0.3) is 0 Å². The molecule has 0 bridgehead atoms. The third-order valence-corrected chi connectivity index (χ3v) is 7.24. The van der Waals surface area contributed by atoms with Gasteiger partial charge in [-0.2, -0.15) is 0 Å². The Hall–Kier alpha value is -2.68. The Morgan fingerprint density at radius 2 is 0.969 bits per heavy atom. The van der Waals surface area contributed by atoms with Crippen LogP contribution in [0.3, 0.4) is 0 Å². The predicted molar refractivity (Wildman–Crippen MR) is 137 cm³/mol. The van der Waals surface area contributed by atoms with E-state index in [1.807, 2.05) is 0 Å². The quantitative estimate of drug-likeness (QED) is 0.340. The maximum absolute atomic E-state index is 3.97. The van der Waals surface area contributed by atoms with E-state index in [0.717, 1.165) is 0 Å². The van der Waals surface area contributed by atoms with Crippen LogP contribution in [0.4, 0.5) is 0 Å². The average Bonchev–Trinajstić information content (AvgIpc) is 2.84. The van der Waals surface area contributed by atoms with Gasteiger partial charge in [-0.3, -0.25) is 0 Å². The van der Waals surface area contributed by atoms with Crippen LogP contribution >= 0.6 is 0 Å². The highest BCUT2D eigenvalue weighted by Crippen LogP contribution is 2.27. The topological polar surface area (TPSA) is 24.1 Å². The monoisotopic (exact) mass is 422 g/mol. The molecule has 0 spiro atoms. The number of rotatable bonds is 6. The van der Waals surface area contributed by atoms with Crippen molar-refractivity contribution in [3.05, 3.63) is 96.1 Å². The van der Waals surface area contributed by atoms with E-state index in [0.29, 0.717) is 24.2 Å². The molecule has 0 amide bonds. The molecule has 164 valence electrons. The Morgan fingerprint density at radius 1 is 0.562 bits per heavy atom. The number of benzene rings is 4. The molecule has 0 unspecified atom stereocenters. The van der Waals surface area contributed by atoms with Crippen molar-refractivity contribution in [2.24, 2.45) is 0 Å². The van der Waals surface area contributed by atoms with Gasteiger partial charge >= 0.3 is 0 Å². The van der Waals surface area contributed by atoms with Gasteiger partial charge in [0.15, 0.2) is 0 Å². The SMILES string of the molecule is C[C@@H](N[C@@H]1CCCC[C@H]1N[C@H](C)c1ccc2ccccc2c1)c1ccc2ccccc2c1. The molecule has 0 radical (unpaired) electrons. The zero-order valence-corrected chi connectivity index (χ0v) is 19.2. The molecule has 0 aromatic heterocycles. The lowest BCUT2D eigenvalue weighted by atomic mass is 9.88. The molecule has 4 aromatic carbocycles. The smallest absolute Gasteiger partial charge is 0.0295 e. The van der Waals surface area contributed by atoms with Crippen LogP contribution in [0.5, 0.6) is 0 Å². The van der Waals surface area contributed by atoms with Crippen LogP contribution in [0.1, 0.15) is 62.7 Å². The minimum atomic E-state index is 0.336. The van der Waals surface area contributed by atoms with Crippen LogP contribution in [-0.2, 0) is 0 Å². The van der Waals surface area contributed by atoms with Gasteiger partial charge in [0.2, 0.25) is 0 Å². The maximum Gasteiger partial charge on any atom is 0.0295 e. The first-order chi connectivity index (χ1) is 15.7. The van der Waals surface area contributed by atoms with Crippen molar-refractivity contribution in [2.75, 3.05) is 0 Å². The van der Waals surface area contributed by atoms with E-state index in [2.05, 4.69) is 109 Å². The van der Waals surface area contributed by atoms with Gasteiger partial charge in [0, 0.05) is 24.2 Å². The molecule has 5 rings (SSSR count). The van der Waals surface area contributed by atoms with Gasteiger partial charge in [-0.05, 0) is 71.5 Å². The Kier molecular flexibility index (Phi) is 6.25. The highest BCUT2D eigenvalue weighted by molar-refractivity contribution is 5.83. The molecule has 0 heterocycles. The summed E-state index contributed by atoms with van der Waals surface area (Å²) >= 11 is 0. The Morgan fingerprint density at radius 3 is 1.41 bits per heavy atom. The maximum atomic E-state index is 3.97. The molecule has 0 saturated heterocycles. The normalized spacial score (nSPS) is 20.9.